The quantitative estimate of drug-likeness (QED) is 0.741. The van der Waals surface area contributed by atoms with E-state index in [-0.39, 0.29) is 30.5 Å². The predicted octanol–water partition coefficient (Wildman–Crippen LogP) is 0.336. The second-order valence-corrected chi connectivity index (χ2v) is 4.87. The number of phenols is 1. The van der Waals surface area contributed by atoms with Crippen molar-refractivity contribution in [3.05, 3.63) is 24.3 Å². The van der Waals surface area contributed by atoms with Crippen LogP contribution in [0.4, 0.5) is 5.69 Å². The second kappa shape index (κ2) is 6.25. The normalized spacial score (nSPS) is 17.9. The number of aromatic hydroxyl groups is 1. The Hall–Kier alpha value is -2.57. The first kappa shape index (κ1) is 14.8. The molecule has 1 fully saturated rings. The molecule has 0 aromatic heterocycles. The van der Waals surface area contributed by atoms with Gasteiger partial charge in [-0.05, 0) is 30.7 Å². The van der Waals surface area contributed by atoms with Crippen LogP contribution in [0.1, 0.15) is 12.8 Å². The molecule has 1 saturated heterocycles. The number of carbonyl (C=O) groups excluding carboxylic acids is 2. The number of nitrogens with zero attached hydrogens (tertiary/aromatic N) is 1. The van der Waals surface area contributed by atoms with Gasteiger partial charge in [-0.1, -0.05) is 0 Å². The van der Waals surface area contributed by atoms with Gasteiger partial charge in [0.25, 0.3) is 0 Å². The molecular weight excluding hydrogens is 276 g/mol. The Morgan fingerprint density at radius 1 is 1.29 bits per heavy atom. The molecular formula is C14H16N2O5. The number of amides is 2. The number of anilines is 1. The van der Waals surface area contributed by atoms with Crippen LogP contribution in [0.5, 0.6) is 5.75 Å². The molecule has 1 aliphatic rings. The first-order valence-electron chi connectivity index (χ1n) is 6.56. The van der Waals surface area contributed by atoms with Gasteiger partial charge < -0.3 is 20.4 Å². The Balaban J connectivity index is 2.18. The Morgan fingerprint density at radius 3 is 2.48 bits per heavy atom. The van der Waals surface area contributed by atoms with E-state index in [1.54, 1.807) is 0 Å². The first-order valence-corrected chi connectivity index (χ1v) is 6.56. The van der Waals surface area contributed by atoms with Crippen molar-refractivity contribution < 1.29 is 24.6 Å². The van der Waals surface area contributed by atoms with Gasteiger partial charge in [-0.3, -0.25) is 14.4 Å². The summed E-state index contributed by atoms with van der Waals surface area (Å²) in [5, 5.41) is 20.9. The molecule has 1 aromatic carbocycles. The lowest BCUT2D eigenvalue weighted by atomic mass is 9.97. The van der Waals surface area contributed by atoms with Gasteiger partial charge >= 0.3 is 5.97 Å². The van der Waals surface area contributed by atoms with Gasteiger partial charge in [0, 0.05) is 18.7 Å². The zero-order chi connectivity index (χ0) is 15.4. The molecule has 3 N–H and O–H groups in total. The van der Waals surface area contributed by atoms with Gasteiger partial charge in [0.15, 0.2) is 0 Å². The van der Waals surface area contributed by atoms with E-state index in [1.807, 2.05) is 0 Å². The summed E-state index contributed by atoms with van der Waals surface area (Å²) in [6.07, 6.45) is 0.658. The molecule has 1 atom stereocenters. The number of carboxylic acid groups (broad SMARTS) is 1. The highest BCUT2D eigenvalue weighted by molar-refractivity contribution is 5.99. The molecule has 21 heavy (non-hydrogen) atoms. The maximum atomic E-state index is 12.5. The van der Waals surface area contributed by atoms with Gasteiger partial charge in [0.2, 0.25) is 11.8 Å². The average Bonchev–Trinajstić information content (AvgIpc) is 2.46. The highest BCUT2D eigenvalue weighted by Crippen LogP contribution is 2.22. The number of hydrogen-bond donors (Lipinski definition) is 3. The van der Waals surface area contributed by atoms with Gasteiger partial charge in [-0.2, -0.15) is 0 Å². The summed E-state index contributed by atoms with van der Waals surface area (Å²) in [4.78, 5) is 35.7. The van der Waals surface area contributed by atoms with Crippen LogP contribution in [0, 0.1) is 5.92 Å². The van der Waals surface area contributed by atoms with Crippen molar-refractivity contribution >= 4 is 23.5 Å². The Morgan fingerprint density at radius 2 is 1.95 bits per heavy atom. The Kier molecular flexibility index (Phi) is 4.42. The van der Waals surface area contributed by atoms with Crippen LogP contribution >= 0.6 is 0 Å². The van der Waals surface area contributed by atoms with Crippen molar-refractivity contribution in [2.24, 2.45) is 5.92 Å². The van der Waals surface area contributed by atoms with E-state index in [1.165, 1.54) is 24.3 Å². The molecule has 1 aliphatic heterocycles. The molecule has 7 nitrogen and oxygen atoms in total. The minimum atomic E-state index is -1.13. The van der Waals surface area contributed by atoms with Crippen LogP contribution < -0.4 is 10.2 Å². The van der Waals surface area contributed by atoms with Crippen molar-refractivity contribution in [1.82, 2.24) is 5.32 Å². The summed E-state index contributed by atoms with van der Waals surface area (Å²) in [5.74, 6) is -1.98. The summed E-state index contributed by atoms with van der Waals surface area (Å²) in [7, 11) is 0. The van der Waals surface area contributed by atoms with E-state index in [9.17, 15) is 19.5 Å². The standard InChI is InChI=1S/C14H16N2O5/c17-11-4-2-10(3-5-11)16(8-13(19)20)14(21)9-1-6-12(18)15-7-9/h2-5,9,17H,1,6-8H2,(H,15,18)(H,19,20). The van der Waals surface area contributed by atoms with Gasteiger partial charge in [-0.15, -0.1) is 0 Å². The molecule has 0 aliphatic carbocycles. The minimum Gasteiger partial charge on any atom is -0.508 e. The van der Waals surface area contributed by atoms with Crippen LogP contribution in [-0.2, 0) is 14.4 Å². The maximum absolute atomic E-state index is 12.5. The van der Waals surface area contributed by atoms with Crippen molar-refractivity contribution in [3.8, 4) is 5.75 Å². The number of hydrogen-bond acceptors (Lipinski definition) is 4. The maximum Gasteiger partial charge on any atom is 0.323 e. The molecule has 0 saturated carbocycles. The van der Waals surface area contributed by atoms with Crippen LogP contribution in [0.3, 0.4) is 0 Å². The van der Waals surface area contributed by atoms with Crippen molar-refractivity contribution in [2.45, 2.75) is 12.8 Å². The molecule has 112 valence electrons. The van der Waals surface area contributed by atoms with Crippen LogP contribution in [-0.4, -0.2) is 41.1 Å². The van der Waals surface area contributed by atoms with Crippen LogP contribution in [0.25, 0.3) is 0 Å². The monoisotopic (exact) mass is 292 g/mol. The zero-order valence-corrected chi connectivity index (χ0v) is 11.3. The number of benzene rings is 1. The Labute approximate surface area is 121 Å². The third-order valence-corrected chi connectivity index (χ3v) is 3.34. The molecule has 0 radical (unpaired) electrons. The van der Waals surface area contributed by atoms with E-state index in [0.717, 1.165) is 4.90 Å². The average molecular weight is 292 g/mol. The van der Waals surface area contributed by atoms with Gasteiger partial charge in [0.05, 0.1) is 5.92 Å². The number of carboxylic acids is 1. The van der Waals surface area contributed by atoms with Crippen molar-refractivity contribution in [2.75, 3.05) is 18.0 Å². The Bertz CT molecular complexity index is 545. The fourth-order valence-corrected chi connectivity index (χ4v) is 2.23. The van der Waals surface area contributed by atoms with Crippen LogP contribution in [0.2, 0.25) is 0 Å². The summed E-state index contributed by atoms with van der Waals surface area (Å²) in [5.41, 5.74) is 0.400. The number of rotatable bonds is 4. The summed E-state index contributed by atoms with van der Waals surface area (Å²) in [6.45, 7) is -0.250. The largest absolute Gasteiger partial charge is 0.508 e. The van der Waals surface area contributed by atoms with Crippen molar-refractivity contribution in [3.63, 3.8) is 0 Å². The minimum absolute atomic E-state index is 0.0337. The fraction of sp³-hybridized carbons (Fsp3) is 0.357. The smallest absolute Gasteiger partial charge is 0.323 e. The van der Waals surface area contributed by atoms with E-state index in [2.05, 4.69) is 5.32 Å². The molecule has 1 unspecified atom stereocenters. The van der Waals surface area contributed by atoms with Crippen LogP contribution in [0.15, 0.2) is 24.3 Å². The van der Waals surface area contributed by atoms with Gasteiger partial charge in [-0.25, -0.2) is 0 Å². The lowest BCUT2D eigenvalue weighted by molar-refractivity contribution is -0.137. The fourth-order valence-electron chi connectivity index (χ4n) is 2.23. The lowest BCUT2D eigenvalue weighted by Crippen LogP contribution is -2.46. The molecule has 7 heteroatoms. The molecule has 2 amide bonds. The number of phenolic OH excluding ortho intramolecular Hbond substituents is 1. The molecule has 1 heterocycles. The second-order valence-electron chi connectivity index (χ2n) is 4.87. The highest BCUT2D eigenvalue weighted by Gasteiger charge is 2.30. The number of aliphatic carboxylic acids is 1. The third kappa shape index (κ3) is 3.71. The molecule has 0 bridgehead atoms. The summed E-state index contributed by atoms with van der Waals surface area (Å²) < 4.78 is 0. The SMILES string of the molecule is O=C(O)CN(C(=O)C1CCC(=O)NC1)c1ccc(O)cc1. The van der Waals surface area contributed by atoms with Gasteiger partial charge in [0.1, 0.15) is 12.3 Å². The van der Waals surface area contributed by atoms with E-state index in [4.69, 9.17) is 5.11 Å². The molecule has 0 spiro atoms. The number of nitrogens with one attached hydrogen (secondary N) is 1. The lowest BCUT2D eigenvalue weighted by Gasteiger charge is -2.28. The van der Waals surface area contributed by atoms with Crippen molar-refractivity contribution in [1.29, 1.82) is 0 Å². The number of carbonyl (C=O) groups is 3. The predicted molar refractivity (Wildman–Crippen MR) is 73.8 cm³/mol. The molecule has 2 rings (SSSR count). The topological polar surface area (TPSA) is 107 Å². The highest BCUT2D eigenvalue weighted by atomic mass is 16.4. The summed E-state index contributed by atoms with van der Waals surface area (Å²) in [6, 6.07) is 5.75. The first-order chi connectivity index (χ1) is 9.97. The van der Waals surface area contributed by atoms with E-state index < -0.39 is 18.4 Å². The molecule has 1 aromatic rings. The zero-order valence-electron chi connectivity index (χ0n) is 11.3. The summed E-state index contributed by atoms with van der Waals surface area (Å²) >= 11 is 0. The van der Waals surface area contributed by atoms with E-state index in [0.29, 0.717) is 12.1 Å². The van der Waals surface area contributed by atoms with E-state index >= 15 is 0 Å². The third-order valence-electron chi connectivity index (χ3n) is 3.34. The number of piperidine rings is 1.